The van der Waals surface area contributed by atoms with E-state index in [0.717, 1.165) is 0 Å². The van der Waals surface area contributed by atoms with Crippen LogP contribution in [0.3, 0.4) is 0 Å². The van der Waals surface area contributed by atoms with Crippen LogP contribution in [0, 0.1) is 0 Å². The lowest BCUT2D eigenvalue weighted by atomic mass is 10.1. The van der Waals surface area contributed by atoms with Crippen molar-refractivity contribution >= 4 is 16.7 Å². The maximum Gasteiger partial charge on any atom is 0.129 e. The molecule has 1 aliphatic rings. The zero-order valence-corrected chi connectivity index (χ0v) is 13.6. The predicted molar refractivity (Wildman–Crippen MR) is 75.1 cm³/mol. The largest absolute Gasteiger partial charge is 0.273 e. The summed E-state index contributed by atoms with van der Waals surface area (Å²) in [7, 11) is 3.40. The molecule has 0 aromatic heterocycles. The van der Waals surface area contributed by atoms with Gasteiger partial charge in [0, 0.05) is 11.1 Å². The van der Waals surface area contributed by atoms with Gasteiger partial charge in [0.05, 0.1) is 0 Å². The van der Waals surface area contributed by atoms with Gasteiger partial charge in [0.1, 0.15) is 16.7 Å². The lowest BCUT2D eigenvalue weighted by Gasteiger charge is -2.64. The van der Waals surface area contributed by atoms with Crippen molar-refractivity contribution in [1.82, 2.24) is 19.1 Å². The second-order valence-corrected chi connectivity index (χ2v) is 10.2. The molecule has 0 radical (unpaired) electrons. The second-order valence-electron chi connectivity index (χ2n) is 5.95. The van der Waals surface area contributed by atoms with Crippen molar-refractivity contribution in [3.05, 3.63) is 0 Å². The van der Waals surface area contributed by atoms with Gasteiger partial charge >= 0.3 is 0 Å². The summed E-state index contributed by atoms with van der Waals surface area (Å²) in [4.78, 5) is 0. The molecule has 16 heavy (non-hydrogen) atoms. The Morgan fingerprint density at radius 3 is 1.06 bits per heavy atom. The minimum atomic E-state index is -0.361. The SMILES string of the molecule is CNP1N(C(C)(C)C)P(NC)N1C(C)(C)C. The molecule has 0 amide bonds. The monoisotopic (exact) mass is 264 g/mol. The molecule has 1 saturated heterocycles. The summed E-state index contributed by atoms with van der Waals surface area (Å²) in [6.45, 7) is 13.7. The predicted octanol–water partition coefficient (Wildman–Crippen LogP) is 3.09. The van der Waals surface area contributed by atoms with Gasteiger partial charge in [0.15, 0.2) is 0 Å². The van der Waals surface area contributed by atoms with Crippen LogP contribution in [0.5, 0.6) is 0 Å². The van der Waals surface area contributed by atoms with E-state index in [9.17, 15) is 0 Å². The molecule has 0 aromatic carbocycles. The summed E-state index contributed by atoms with van der Waals surface area (Å²) in [6, 6.07) is 0. The zero-order chi connectivity index (χ0) is 12.7. The lowest BCUT2D eigenvalue weighted by Crippen LogP contribution is -2.57. The van der Waals surface area contributed by atoms with Crippen molar-refractivity contribution in [3.63, 3.8) is 0 Å². The molecule has 0 aromatic rings. The molecule has 2 N–H and O–H groups in total. The Balaban J connectivity index is 2.92. The van der Waals surface area contributed by atoms with E-state index >= 15 is 0 Å². The van der Waals surface area contributed by atoms with E-state index in [4.69, 9.17) is 0 Å². The standard InChI is InChI=1S/C10H26N4P2/c1-9(2,3)13-15(11-7)14(10(4,5)6)16(13)12-8/h11-12H,1-8H3. The number of nitrogens with one attached hydrogen (secondary N) is 2. The molecule has 0 spiro atoms. The summed E-state index contributed by atoms with van der Waals surface area (Å²) < 4.78 is 5.17. The van der Waals surface area contributed by atoms with Gasteiger partial charge in [-0.3, -0.25) is 10.2 Å². The van der Waals surface area contributed by atoms with Crippen molar-refractivity contribution in [2.45, 2.75) is 52.6 Å². The number of rotatable bonds is 2. The van der Waals surface area contributed by atoms with Gasteiger partial charge in [-0.05, 0) is 55.6 Å². The van der Waals surface area contributed by atoms with Crippen LogP contribution in [0.4, 0.5) is 0 Å². The highest BCUT2D eigenvalue weighted by atomic mass is 31.3. The normalized spacial score (nSPS) is 29.2. The average molecular weight is 264 g/mol. The Labute approximate surface area is 103 Å². The van der Waals surface area contributed by atoms with E-state index in [1.54, 1.807) is 0 Å². The van der Waals surface area contributed by atoms with Crippen LogP contribution in [-0.2, 0) is 0 Å². The minimum Gasteiger partial charge on any atom is -0.273 e. The minimum absolute atomic E-state index is 0.213. The summed E-state index contributed by atoms with van der Waals surface area (Å²) in [5.41, 5.74) is 0.427. The molecule has 6 heteroatoms. The van der Waals surface area contributed by atoms with Crippen LogP contribution in [0.1, 0.15) is 41.5 Å². The third kappa shape index (κ3) is 2.58. The molecular formula is C10H26N4P2. The van der Waals surface area contributed by atoms with E-state index in [0.29, 0.717) is 0 Å². The third-order valence-electron chi connectivity index (χ3n) is 2.32. The van der Waals surface area contributed by atoms with Gasteiger partial charge in [0.2, 0.25) is 0 Å². The highest BCUT2D eigenvalue weighted by Crippen LogP contribution is 2.77. The summed E-state index contributed by atoms with van der Waals surface area (Å²) in [6.07, 6.45) is 0. The summed E-state index contributed by atoms with van der Waals surface area (Å²) in [5.74, 6) is 0. The van der Waals surface area contributed by atoms with Crippen molar-refractivity contribution < 1.29 is 0 Å². The fourth-order valence-electron chi connectivity index (χ4n) is 1.80. The zero-order valence-electron chi connectivity index (χ0n) is 11.8. The van der Waals surface area contributed by atoms with Gasteiger partial charge in [-0.15, -0.1) is 0 Å². The molecule has 1 heterocycles. The molecule has 96 valence electrons. The maximum atomic E-state index is 3.47. The van der Waals surface area contributed by atoms with Crippen molar-refractivity contribution in [2.24, 2.45) is 0 Å². The molecule has 0 atom stereocenters. The quantitative estimate of drug-likeness (QED) is 0.750. The van der Waals surface area contributed by atoms with E-state index in [-0.39, 0.29) is 27.8 Å². The Morgan fingerprint density at radius 1 is 0.688 bits per heavy atom. The first-order valence-electron chi connectivity index (χ1n) is 5.69. The topological polar surface area (TPSA) is 30.5 Å². The van der Waals surface area contributed by atoms with Crippen molar-refractivity contribution in [1.29, 1.82) is 0 Å². The van der Waals surface area contributed by atoms with Gasteiger partial charge in [0.25, 0.3) is 0 Å². The maximum absolute atomic E-state index is 3.47. The molecule has 1 rings (SSSR count). The fourth-order valence-corrected chi connectivity index (χ4v) is 7.96. The van der Waals surface area contributed by atoms with Crippen LogP contribution in [-0.4, -0.2) is 34.1 Å². The van der Waals surface area contributed by atoms with Gasteiger partial charge in [-0.1, -0.05) is 0 Å². The summed E-state index contributed by atoms with van der Waals surface area (Å²) >= 11 is 0. The first-order chi connectivity index (χ1) is 7.14. The highest BCUT2D eigenvalue weighted by molar-refractivity contribution is 7.80. The van der Waals surface area contributed by atoms with Crippen LogP contribution < -0.4 is 10.2 Å². The molecule has 1 fully saturated rings. The van der Waals surface area contributed by atoms with Crippen LogP contribution in [0.15, 0.2) is 0 Å². The Morgan fingerprint density at radius 2 is 0.938 bits per heavy atom. The first kappa shape index (κ1) is 14.8. The van der Waals surface area contributed by atoms with E-state index < -0.39 is 0 Å². The van der Waals surface area contributed by atoms with Gasteiger partial charge < -0.3 is 0 Å². The lowest BCUT2D eigenvalue weighted by molar-refractivity contribution is 0.275. The van der Waals surface area contributed by atoms with Crippen molar-refractivity contribution in [2.75, 3.05) is 14.1 Å². The third-order valence-corrected chi connectivity index (χ3v) is 8.99. The van der Waals surface area contributed by atoms with Crippen LogP contribution >= 0.6 is 16.7 Å². The first-order valence-corrected chi connectivity index (χ1v) is 8.19. The van der Waals surface area contributed by atoms with Gasteiger partial charge in [-0.25, -0.2) is 8.88 Å². The summed E-state index contributed by atoms with van der Waals surface area (Å²) in [5, 5.41) is 6.94. The molecule has 0 bridgehead atoms. The van der Waals surface area contributed by atoms with E-state index in [2.05, 4.69) is 74.7 Å². The van der Waals surface area contributed by atoms with Crippen molar-refractivity contribution in [3.8, 4) is 0 Å². The highest BCUT2D eigenvalue weighted by Gasteiger charge is 2.55. The molecule has 1 aliphatic heterocycles. The number of hydrogen-bond donors (Lipinski definition) is 2. The van der Waals surface area contributed by atoms with E-state index in [1.165, 1.54) is 0 Å². The fraction of sp³-hybridized carbons (Fsp3) is 1.00. The average Bonchev–Trinajstić information content (AvgIpc) is 1.97. The Kier molecular flexibility index (Phi) is 4.39. The molecule has 0 unspecified atom stereocenters. The molecular weight excluding hydrogens is 238 g/mol. The van der Waals surface area contributed by atoms with Crippen LogP contribution in [0.2, 0.25) is 0 Å². The van der Waals surface area contributed by atoms with E-state index in [1.807, 2.05) is 0 Å². The van der Waals surface area contributed by atoms with Crippen LogP contribution in [0.25, 0.3) is 0 Å². The van der Waals surface area contributed by atoms with Gasteiger partial charge in [-0.2, -0.15) is 0 Å². The molecule has 0 saturated carbocycles. The smallest absolute Gasteiger partial charge is 0.129 e. The molecule has 4 nitrogen and oxygen atoms in total. The number of nitrogens with zero attached hydrogens (tertiary/aromatic N) is 2. The Hall–Kier alpha value is 0.700. The second kappa shape index (κ2) is 4.76. The number of hydrogen-bond acceptors (Lipinski definition) is 4. The molecule has 0 aliphatic carbocycles. The Bertz CT molecular complexity index is 212.